The number of unbranched alkanes of at least 4 members (excludes halogenated alkanes) is 1. The summed E-state index contributed by atoms with van der Waals surface area (Å²) in [6, 6.07) is 26.7. The molecule has 5 amide bonds. The van der Waals surface area contributed by atoms with E-state index in [0.29, 0.717) is 12.8 Å². The predicted octanol–water partition coefficient (Wildman–Crippen LogP) is 2.14. The van der Waals surface area contributed by atoms with Crippen LogP contribution in [0.15, 0.2) is 91.0 Å². The first kappa shape index (κ1) is 28.7. The van der Waals surface area contributed by atoms with E-state index in [4.69, 9.17) is 5.73 Å². The molecule has 0 atom stereocenters. The molecule has 10 nitrogen and oxygen atoms in total. The Morgan fingerprint density at radius 1 is 0.769 bits per heavy atom. The summed E-state index contributed by atoms with van der Waals surface area (Å²) in [5, 5.41) is 4.25. The number of imide groups is 1. The summed E-state index contributed by atoms with van der Waals surface area (Å²) in [7, 11) is 0. The van der Waals surface area contributed by atoms with E-state index in [9.17, 15) is 24.0 Å². The van der Waals surface area contributed by atoms with Crippen LogP contribution in [0.4, 0.5) is 0 Å². The van der Waals surface area contributed by atoms with Crippen LogP contribution in [0.1, 0.15) is 47.2 Å². The van der Waals surface area contributed by atoms with Gasteiger partial charge >= 0.3 is 23.6 Å². The maximum absolute atomic E-state index is 13.4. The molecule has 0 aliphatic heterocycles. The van der Waals surface area contributed by atoms with Gasteiger partial charge in [-0.3, -0.25) is 34.7 Å². The van der Waals surface area contributed by atoms with Gasteiger partial charge in [0.05, 0.1) is 6.54 Å². The van der Waals surface area contributed by atoms with Gasteiger partial charge in [0.25, 0.3) is 5.91 Å². The molecule has 3 aromatic rings. The first-order chi connectivity index (χ1) is 18.8. The van der Waals surface area contributed by atoms with Crippen LogP contribution >= 0.6 is 0 Å². The van der Waals surface area contributed by atoms with E-state index in [1.165, 1.54) is 12.1 Å². The van der Waals surface area contributed by atoms with Crippen molar-refractivity contribution in [2.24, 2.45) is 5.73 Å². The molecule has 0 aliphatic rings. The fraction of sp³-hybridized carbons (Fsp3) is 0.207. The number of rotatable bonds is 10. The van der Waals surface area contributed by atoms with Gasteiger partial charge in [-0.1, -0.05) is 92.2 Å². The number of nitrogens with zero attached hydrogens (tertiary/aromatic N) is 2. The summed E-state index contributed by atoms with van der Waals surface area (Å²) >= 11 is 0. The minimum Gasteiger partial charge on any atom is -0.361 e. The van der Waals surface area contributed by atoms with Gasteiger partial charge in [-0.25, -0.2) is 5.01 Å². The van der Waals surface area contributed by atoms with Crippen molar-refractivity contribution < 1.29 is 24.0 Å². The molecule has 0 aliphatic carbocycles. The molecule has 0 aromatic heterocycles. The molecule has 0 fully saturated rings. The number of carbonyl (C=O) groups excluding carboxylic acids is 5. The Bertz CT molecular complexity index is 1250. The van der Waals surface area contributed by atoms with Gasteiger partial charge in [0.15, 0.2) is 0 Å². The fourth-order valence-electron chi connectivity index (χ4n) is 3.90. The minimum atomic E-state index is -1.26. The van der Waals surface area contributed by atoms with Crippen molar-refractivity contribution in [1.29, 1.82) is 0 Å². The first-order valence-corrected chi connectivity index (χ1v) is 12.5. The molecule has 0 bridgehead atoms. The van der Waals surface area contributed by atoms with Gasteiger partial charge in [-0.15, -0.1) is 5.12 Å². The molecule has 0 spiro atoms. The highest BCUT2D eigenvalue weighted by atomic mass is 16.2. The molecule has 202 valence electrons. The molecule has 0 unspecified atom stereocenters. The number of benzene rings is 3. The lowest BCUT2D eigenvalue weighted by atomic mass is 9.91. The maximum Gasteiger partial charge on any atom is 0.328 e. The predicted molar refractivity (Wildman–Crippen MR) is 144 cm³/mol. The van der Waals surface area contributed by atoms with Crippen LogP contribution in [0.2, 0.25) is 0 Å². The van der Waals surface area contributed by atoms with Gasteiger partial charge in [-0.05, 0) is 29.7 Å². The lowest BCUT2D eigenvalue weighted by Gasteiger charge is -2.36. The molecule has 4 N–H and O–H groups in total. The molecule has 3 aromatic carbocycles. The highest BCUT2D eigenvalue weighted by molar-refractivity contribution is 6.38. The van der Waals surface area contributed by atoms with E-state index in [2.05, 4.69) is 10.7 Å². The number of nitrogens with two attached hydrogens (primary N) is 1. The number of carbonyl (C=O) groups is 5. The molecule has 3 rings (SSSR count). The SMILES string of the molecule is CCCCN(C(=O)C(=O)NC(=O)c1ccccc1)N(CC(c1ccccc1)c1ccccc1)NC(=O)C(N)=O. The third-order valence-corrected chi connectivity index (χ3v) is 5.92. The van der Waals surface area contributed by atoms with Gasteiger partial charge in [0.2, 0.25) is 0 Å². The van der Waals surface area contributed by atoms with Crippen LogP contribution in [0.25, 0.3) is 0 Å². The zero-order valence-electron chi connectivity index (χ0n) is 21.6. The van der Waals surface area contributed by atoms with E-state index < -0.39 is 29.5 Å². The Balaban J connectivity index is 1.96. The highest BCUT2D eigenvalue weighted by Crippen LogP contribution is 2.26. The van der Waals surface area contributed by atoms with Crippen molar-refractivity contribution in [3.8, 4) is 0 Å². The van der Waals surface area contributed by atoms with Crippen molar-refractivity contribution in [1.82, 2.24) is 20.9 Å². The average Bonchev–Trinajstić information content (AvgIpc) is 2.96. The number of hydrogen-bond donors (Lipinski definition) is 3. The van der Waals surface area contributed by atoms with E-state index in [-0.39, 0.29) is 24.6 Å². The minimum absolute atomic E-state index is 0.0254. The third kappa shape index (κ3) is 8.08. The topological polar surface area (TPSA) is 142 Å². The van der Waals surface area contributed by atoms with Gasteiger partial charge in [-0.2, -0.15) is 0 Å². The van der Waals surface area contributed by atoms with Crippen molar-refractivity contribution in [2.45, 2.75) is 25.7 Å². The van der Waals surface area contributed by atoms with Crippen molar-refractivity contribution in [3.05, 3.63) is 108 Å². The summed E-state index contributed by atoms with van der Waals surface area (Å²) in [5.74, 6) is -5.82. The van der Waals surface area contributed by atoms with E-state index >= 15 is 0 Å². The lowest BCUT2D eigenvalue weighted by Crippen LogP contribution is -2.61. The van der Waals surface area contributed by atoms with Crippen LogP contribution in [-0.2, 0) is 19.2 Å². The number of hydrazine groups is 2. The Labute approximate surface area is 226 Å². The quantitative estimate of drug-likeness (QED) is 0.271. The van der Waals surface area contributed by atoms with Crippen molar-refractivity contribution in [3.63, 3.8) is 0 Å². The number of primary amides is 1. The molecular weight excluding hydrogens is 498 g/mol. The third-order valence-electron chi connectivity index (χ3n) is 5.92. The highest BCUT2D eigenvalue weighted by Gasteiger charge is 2.32. The smallest absolute Gasteiger partial charge is 0.328 e. The van der Waals surface area contributed by atoms with Crippen LogP contribution < -0.4 is 16.5 Å². The van der Waals surface area contributed by atoms with Crippen molar-refractivity contribution >= 4 is 29.5 Å². The average molecular weight is 530 g/mol. The summed E-state index contributed by atoms with van der Waals surface area (Å²) in [6.45, 7) is 1.89. The van der Waals surface area contributed by atoms with Gasteiger partial charge in [0.1, 0.15) is 0 Å². The van der Waals surface area contributed by atoms with Gasteiger partial charge in [0, 0.05) is 18.0 Å². The largest absolute Gasteiger partial charge is 0.361 e. The number of amides is 5. The maximum atomic E-state index is 13.4. The second-order valence-electron chi connectivity index (χ2n) is 8.69. The molecule has 0 saturated heterocycles. The van der Waals surface area contributed by atoms with Crippen LogP contribution in [0.3, 0.4) is 0 Å². The van der Waals surface area contributed by atoms with Crippen molar-refractivity contribution in [2.75, 3.05) is 13.1 Å². The molecule has 10 heteroatoms. The zero-order valence-corrected chi connectivity index (χ0v) is 21.6. The normalized spacial score (nSPS) is 10.6. The Morgan fingerprint density at radius 2 is 1.28 bits per heavy atom. The molecule has 0 saturated carbocycles. The molecule has 0 radical (unpaired) electrons. The van der Waals surface area contributed by atoms with Crippen LogP contribution in [-0.4, -0.2) is 52.8 Å². The summed E-state index contributed by atoms with van der Waals surface area (Å²) in [5.41, 5.74) is 9.51. The standard InChI is InChI=1S/C29H31N5O5/c1-2-3-19-33(29(39)28(38)31-26(36)23-17-11-6-12-18-23)34(32-27(37)25(30)35)20-24(21-13-7-4-8-14-21)22-15-9-5-10-16-22/h4-18,24H,2-3,19-20H2,1H3,(H2,30,35)(H,32,37)(H,31,36,38). The summed E-state index contributed by atoms with van der Waals surface area (Å²) in [6.07, 6.45) is 1.13. The van der Waals surface area contributed by atoms with Gasteiger partial charge < -0.3 is 5.73 Å². The monoisotopic (exact) mass is 529 g/mol. The second kappa shape index (κ2) is 14.2. The Hall–Kier alpha value is -4.83. The van der Waals surface area contributed by atoms with Crippen LogP contribution in [0.5, 0.6) is 0 Å². The molecular formula is C29H31N5O5. The zero-order chi connectivity index (χ0) is 28.2. The van der Waals surface area contributed by atoms with Crippen LogP contribution in [0, 0.1) is 0 Å². The van der Waals surface area contributed by atoms with E-state index in [0.717, 1.165) is 21.3 Å². The first-order valence-electron chi connectivity index (χ1n) is 12.5. The fourth-order valence-corrected chi connectivity index (χ4v) is 3.90. The lowest BCUT2D eigenvalue weighted by molar-refractivity contribution is -0.168. The number of hydrogen-bond acceptors (Lipinski definition) is 6. The van der Waals surface area contributed by atoms with E-state index in [1.54, 1.807) is 18.2 Å². The summed E-state index contributed by atoms with van der Waals surface area (Å²) < 4.78 is 0. The Kier molecular flexibility index (Phi) is 10.5. The summed E-state index contributed by atoms with van der Waals surface area (Å²) in [4.78, 5) is 63.0. The molecule has 0 heterocycles. The number of nitrogens with one attached hydrogen (secondary N) is 2. The van der Waals surface area contributed by atoms with E-state index in [1.807, 2.05) is 67.6 Å². The Morgan fingerprint density at radius 3 is 1.77 bits per heavy atom. The second-order valence-corrected chi connectivity index (χ2v) is 8.69. The molecule has 39 heavy (non-hydrogen) atoms.